The molecule has 3 N–H and O–H groups in total. The van der Waals surface area contributed by atoms with E-state index in [2.05, 4.69) is 10.3 Å². The van der Waals surface area contributed by atoms with Crippen LogP contribution >= 0.6 is 11.3 Å². The molecule has 0 fully saturated rings. The number of rotatable bonds is 11. The number of amides is 2. The van der Waals surface area contributed by atoms with Crippen LogP contribution in [-0.4, -0.2) is 53.5 Å². The standard InChI is InChI=1S/C28H36N4O6S2/c1-6-21-18-39-26(29-21)23(16-20-12-14-22(15-13-20)31-40(35,36)37)30-25(33)24(17-19-10-8-7-9-11-19)32(5)27(34)38-28(2,3)4/h7-15,18,23-24,31H,6,16-17H2,1-5H3,(H,30,33)(H,35,36,37)/t23-,24-/m0/s1. The van der Waals surface area contributed by atoms with E-state index in [4.69, 9.17) is 9.29 Å². The lowest BCUT2D eigenvalue weighted by atomic mass is 10.0. The molecule has 2 atom stereocenters. The van der Waals surface area contributed by atoms with E-state index in [9.17, 15) is 18.0 Å². The van der Waals surface area contributed by atoms with Gasteiger partial charge in [-0.25, -0.2) is 9.78 Å². The largest absolute Gasteiger partial charge is 0.444 e. The van der Waals surface area contributed by atoms with Gasteiger partial charge in [-0.2, -0.15) is 8.42 Å². The average molecular weight is 589 g/mol. The average Bonchev–Trinajstić information content (AvgIpc) is 3.36. The minimum atomic E-state index is -4.39. The Morgan fingerprint density at radius 2 is 1.68 bits per heavy atom. The number of aryl methyl sites for hydroxylation is 1. The van der Waals surface area contributed by atoms with Crippen molar-refractivity contribution < 1.29 is 27.3 Å². The Balaban J connectivity index is 1.89. The number of nitrogens with one attached hydrogen (secondary N) is 2. The third-order valence-electron chi connectivity index (χ3n) is 5.91. The molecule has 3 rings (SSSR count). The van der Waals surface area contributed by atoms with Gasteiger partial charge in [-0.1, -0.05) is 49.4 Å². The number of anilines is 1. The van der Waals surface area contributed by atoms with Gasteiger partial charge in [0.05, 0.1) is 17.4 Å². The van der Waals surface area contributed by atoms with Crippen molar-refractivity contribution in [2.75, 3.05) is 11.8 Å². The topological polar surface area (TPSA) is 138 Å². The van der Waals surface area contributed by atoms with E-state index in [0.717, 1.165) is 23.2 Å². The fourth-order valence-electron chi connectivity index (χ4n) is 3.91. The van der Waals surface area contributed by atoms with Gasteiger partial charge in [0.15, 0.2) is 0 Å². The first-order valence-corrected chi connectivity index (χ1v) is 15.1. The molecule has 0 unspecified atom stereocenters. The molecular weight excluding hydrogens is 552 g/mol. The highest BCUT2D eigenvalue weighted by molar-refractivity contribution is 7.87. The summed E-state index contributed by atoms with van der Waals surface area (Å²) in [7, 11) is -2.84. The summed E-state index contributed by atoms with van der Waals surface area (Å²) in [6.45, 7) is 7.31. The second-order valence-electron chi connectivity index (χ2n) is 10.4. The van der Waals surface area contributed by atoms with Crippen LogP contribution in [0.3, 0.4) is 0 Å². The number of thiazole rings is 1. The number of ether oxygens (including phenoxy) is 1. The molecule has 0 radical (unpaired) electrons. The van der Waals surface area contributed by atoms with Crippen molar-refractivity contribution in [2.45, 2.75) is 64.6 Å². The third-order valence-corrected chi connectivity index (χ3v) is 7.41. The molecule has 2 aromatic carbocycles. The zero-order valence-corrected chi connectivity index (χ0v) is 24.9. The molecular formula is C28H36N4O6S2. The van der Waals surface area contributed by atoms with Gasteiger partial charge in [0.1, 0.15) is 16.7 Å². The van der Waals surface area contributed by atoms with Crippen molar-refractivity contribution in [3.63, 3.8) is 0 Å². The molecule has 0 aliphatic rings. The Morgan fingerprint density at radius 1 is 1.05 bits per heavy atom. The maximum atomic E-state index is 13.8. The van der Waals surface area contributed by atoms with E-state index in [1.54, 1.807) is 40.0 Å². The van der Waals surface area contributed by atoms with Gasteiger partial charge in [-0.05, 0) is 56.9 Å². The van der Waals surface area contributed by atoms with E-state index >= 15 is 0 Å². The van der Waals surface area contributed by atoms with Crippen LogP contribution in [0.4, 0.5) is 10.5 Å². The minimum Gasteiger partial charge on any atom is -0.444 e. The molecule has 1 heterocycles. The molecule has 1 aromatic heterocycles. The first-order valence-electron chi connectivity index (χ1n) is 12.8. The van der Waals surface area contributed by atoms with Crippen molar-refractivity contribution in [1.82, 2.24) is 15.2 Å². The van der Waals surface area contributed by atoms with Crippen molar-refractivity contribution in [2.24, 2.45) is 0 Å². The lowest BCUT2D eigenvalue weighted by Crippen LogP contribution is -2.51. The molecule has 0 saturated heterocycles. The summed E-state index contributed by atoms with van der Waals surface area (Å²) >= 11 is 1.44. The van der Waals surface area contributed by atoms with Gasteiger partial charge in [-0.15, -0.1) is 11.3 Å². The number of nitrogens with zero attached hydrogens (tertiary/aromatic N) is 2. The van der Waals surface area contributed by atoms with Crippen molar-refractivity contribution in [3.05, 3.63) is 81.8 Å². The van der Waals surface area contributed by atoms with Crippen LogP contribution in [0.1, 0.15) is 55.6 Å². The fraction of sp³-hybridized carbons (Fsp3) is 0.393. The predicted octanol–water partition coefficient (Wildman–Crippen LogP) is 4.80. The summed E-state index contributed by atoms with van der Waals surface area (Å²) in [6.07, 6.45) is 0.779. The van der Waals surface area contributed by atoms with Crippen molar-refractivity contribution in [1.29, 1.82) is 0 Å². The zero-order valence-electron chi connectivity index (χ0n) is 23.2. The predicted molar refractivity (Wildman–Crippen MR) is 156 cm³/mol. The van der Waals surface area contributed by atoms with E-state index in [1.165, 1.54) is 28.4 Å². The van der Waals surface area contributed by atoms with Crippen LogP contribution < -0.4 is 10.0 Å². The maximum absolute atomic E-state index is 13.8. The molecule has 2 amide bonds. The first kappa shape index (κ1) is 31.1. The minimum absolute atomic E-state index is 0.205. The van der Waals surface area contributed by atoms with Crippen LogP contribution in [0.5, 0.6) is 0 Å². The number of likely N-dealkylation sites (N-methyl/N-ethyl adjacent to an activating group) is 1. The van der Waals surface area contributed by atoms with Crippen LogP contribution in [0.2, 0.25) is 0 Å². The number of benzene rings is 2. The molecule has 0 spiro atoms. The Labute approximate surface area is 239 Å². The smallest absolute Gasteiger partial charge is 0.410 e. The summed E-state index contributed by atoms with van der Waals surface area (Å²) in [5.74, 6) is -0.361. The molecule has 0 aliphatic carbocycles. The summed E-state index contributed by atoms with van der Waals surface area (Å²) in [6, 6.07) is 14.5. The molecule has 0 bridgehead atoms. The quantitative estimate of drug-likeness (QED) is 0.274. The lowest BCUT2D eigenvalue weighted by molar-refractivity contribution is -0.126. The second kappa shape index (κ2) is 13.2. The fourth-order valence-corrected chi connectivity index (χ4v) is 5.30. The highest BCUT2D eigenvalue weighted by Crippen LogP contribution is 2.25. The van der Waals surface area contributed by atoms with Gasteiger partial charge in [0, 0.05) is 18.8 Å². The van der Waals surface area contributed by atoms with Gasteiger partial charge >= 0.3 is 16.4 Å². The van der Waals surface area contributed by atoms with Crippen LogP contribution in [0, 0.1) is 0 Å². The van der Waals surface area contributed by atoms with Crippen molar-refractivity contribution >= 4 is 39.3 Å². The van der Waals surface area contributed by atoms with E-state index in [0.29, 0.717) is 11.4 Å². The van der Waals surface area contributed by atoms with E-state index < -0.39 is 34.1 Å². The number of carbonyl (C=O) groups is 2. The maximum Gasteiger partial charge on any atom is 0.410 e. The summed E-state index contributed by atoms with van der Waals surface area (Å²) in [5.41, 5.74) is 2.07. The molecule has 40 heavy (non-hydrogen) atoms. The number of hydrogen-bond donors (Lipinski definition) is 3. The highest BCUT2D eigenvalue weighted by Gasteiger charge is 2.32. The molecule has 0 saturated carbocycles. The van der Waals surface area contributed by atoms with Gasteiger partial charge in [0.25, 0.3) is 0 Å². The molecule has 10 nitrogen and oxygen atoms in total. The first-order chi connectivity index (χ1) is 18.7. The summed E-state index contributed by atoms with van der Waals surface area (Å²) in [4.78, 5) is 32.8. The monoisotopic (exact) mass is 588 g/mol. The van der Waals surface area contributed by atoms with Crippen LogP contribution in [-0.2, 0) is 39.1 Å². The van der Waals surface area contributed by atoms with Gasteiger partial charge < -0.3 is 10.1 Å². The lowest BCUT2D eigenvalue weighted by Gasteiger charge is -2.31. The van der Waals surface area contributed by atoms with Crippen LogP contribution in [0.25, 0.3) is 0 Å². The molecule has 3 aromatic rings. The summed E-state index contributed by atoms with van der Waals surface area (Å²) < 4.78 is 38.8. The van der Waals surface area contributed by atoms with Crippen molar-refractivity contribution in [3.8, 4) is 0 Å². The Morgan fingerprint density at radius 3 is 2.23 bits per heavy atom. The Bertz CT molecular complexity index is 1390. The number of hydrogen-bond acceptors (Lipinski definition) is 7. The molecule has 216 valence electrons. The number of aromatic nitrogens is 1. The van der Waals surface area contributed by atoms with Crippen LogP contribution in [0.15, 0.2) is 60.0 Å². The Kier molecular flexibility index (Phi) is 10.3. The number of carbonyl (C=O) groups excluding carboxylic acids is 2. The Hall–Kier alpha value is -3.48. The van der Waals surface area contributed by atoms with E-state index in [1.807, 2.05) is 47.4 Å². The van der Waals surface area contributed by atoms with Gasteiger partial charge in [-0.3, -0.25) is 19.0 Å². The molecule has 0 aliphatic heterocycles. The normalized spacial score (nSPS) is 13.2. The second-order valence-corrected chi connectivity index (χ2v) is 12.4. The summed E-state index contributed by atoms with van der Waals surface area (Å²) in [5, 5.41) is 5.76. The SMILES string of the molecule is CCc1csc([C@H](Cc2ccc(NS(=O)(=O)O)cc2)NC(=O)[C@H](Cc2ccccc2)N(C)C(=O)OC(C)(C)C)n1. The van der Waals surface area contributed by atoms with Gasteiger partial charge in [0.2, 0.25) is 5.91 Å². The van der Waals surface area contributed by atoms with E-state index in [-0.39, 0.29) is 18.0 Å². The zero-order chi connectivity index (χ0) is 29.5. The highest BCUT2D eigenvalue weighted by atomic mass is 32.2. The third kappa shape index (κ3) is 9.61. The molecule has 12 heteroatoms.